The van der Waals surface area contributed by atoms with Gasteiger partial charge in [-0.2, -0.15) is 5.26 Å². The van der Waals surface area contributed by atoms with Crippen LogP contribution in [0.1, 0.15) is 16.7 Å². The second-order valence-corrected chi connectivity index (χ2v) is 9.53. The molecule has 1 heterocycles. The Kier molecular flexibility index (Phi) is 7.36. The first-order valence-electron chi connectivity index (χ1n) is 10.7. The predicted molar refractivity (Wildman–Crippen MR) is 136 cm³/mol. The maximum Gasteiger partial charge on any atom is 0.264 e. The predicted octanol–water partition coefficient (Wildman–Crippen LogP) is 5.39. The van der Waals surface area contributed by atoms with Gasteiger partial charge in [0.05, 0.1) is 5.25 Å². The van der Waals surface area contributed by atoms with Crippen LogP contribution in [0.3, 0.4) is 0 Å². The lowest BCUT2D eigenvalue weighted by molar-refractivity contribution is -0.117. The fraction of sp³-hybridized carbons (Fsp3) is 0.148. The van der Waals surface area contributed by atoms with E-state index in [0.717, 1.165) is 16.7 Å². The number of aryl methyl sites for hydroxylation is 1. The van der Waals surface area contributed by atoms with E-state index in [1.807, 2.05) is 67.6 Å². The van der Waals surface area contributed by atoms with E-state index in [0.29, 0.717) is 22.2 Å². The van der Waals surface area contributed by atoms with Gasteiger partial charge in [0.1, 0.15) is 16.7 Å². The van der Waals surface area contributed by atoms with Crippen LogP contribution in [0.15, 0.2) is 89.5 Å². The molecule has 0 aliphatic carbocycles. The fourth-order valence-corrected chi connectivity index (χ4v) is 5.05. The molecular weight excluding hydrogens is 466 g/mol. The summed E-state index contributed by atoms with van der Waals surface area (Å²) in [4.78, 5) is 28.0. The fourth-order valence-electron chi connectivity index (χ4n) is 3.62. The van der Waals surface area contributed by atoms with Gasteiger partial charge in [-0.25, -0.2) is 0 Å². The van der Waals surface area contributed by atoms with Crippen molar-refractivity contribution in [3.63, 3.8) is 0 Å². The molecule has 4 rings (SSSR count). The highest BCUT2D eigenvalue weighted by atomic mass is 35.5. The minimum Gasteiger partial charge on any atom is -0.347 e. The number of hydrogen-bond acceptors (Lipinski definition) is 4. The van der Waals surface area contributed by atoms with Crippen LogP contribution in [0.4, 0.5) is 5.69 Å². The lowest BCUT2D eigenvalue weighted by Crippen LogP contribution is -2.32. The van der Waals surface area contributed by atoms with Crippen LogP contribution in [0.5, 0.6) is 0 Å². The van der Waals surface area contributed by atoms with Crippen LogP contribution in [0.2, 0.25) is 5.02 Å². The summed E-state index contributed by atoms with van der Waals surface area (Å²) in [5, 5.41) is 13.1. The molecule has 1 aliphatic heterocycles. The highest BCUT2D eigenvalue weighted by Gasteiger charge is 2.40. The summed E-state index contributed by atoms with van der Waals surface area (Å²) in [6.07, 6.45) is 0.488. The third-order valence-corrected chi connectivity index (χ3v) is 6.94. The lowest BCUT2D eigenvalue weighted by Gasteiger charge is -2.19. The second-order valence-electron chi connectivity index (χ2n) is 7.91. The summed E-state index contributed by atoms with van der Waals surface area (Å²) in [6.45, 7) is 2.29. The summed E-state index contributed by atoms with van der Waals surface area (Å²) in [6, 6.07) is 26.3. The van der Waals surface area contributed by atoms with Gasteiger partial charge in [0.25, 0.3) is 5.91 Å². The van der Waals surface area contributed by atoms with Gasteiger partial charge >= 0.3 is 0 Å². The largest absolute Gasteiger partial charge is 0.347 e. The molecule has 0 saturated carbocycles. The highest BCUT2D eigenvalue weighted by molar-refractivity contribution is 8.05. The number of anilines is 1. The summed E-state index contributed by atoms with van der Waals surface area (Å²) < 4.78 is 0. The summed E-state index contributed by atoms with van der Waals surface area (Å²) >= 11 is 7.29. The molecule has 1 atom stereocenters. The maximum atomic E-state index is 13.5. The zero-order valence-corrected chi connectivity index (χ0v) is 20.1. The van der Waals surface area contributed by atoms with Gasteiger partial charge < -0.3 is 5.32 Å². The van der Waals surface area contributed by atoms with Crippen molar-refractivity contribution in [3.05, 3.63) is 111 Å². The Bertz CT molecular complexity index is 1270. The summed E-state index contributed by atoms with van der Waals surface area (Å²) in [5.41, 5.74) is 3.54. The average Bonchev–Trinajstić information content (AvgIpc) is 3.16. The van der Waals surface area contributed by atoms with Crippen molar-refractivity contribution in [2.45, 2.75) is 25.1 Å². The van der Waals surface area contributed by atoms with E-state index in [1.54, 1.807) is 24.3 Å². The van der Waals surface area contributed by atoms with Crippen LogP contribution >= 0.6 is 23.4 Å². The molecule has 0 spiro atoms. The number of carbonyl (C=O) groups is 2. The molecule has 0 unspecified atom stereocenters. The molecule has 1 fully saturated rings. The van der Waals surface area contributed by atoms with Crippen molar-refractivity contribution in [1.29, 1.82) is 5.26 Å². The van der Waals surface area contributed by atoms with Gasteiger partial charge in [0, 0.05) is 17.3 Å². The molecule has 3 aromatic rings. The molecular formula is C27H22ClN3O2S. The van der Waals surface area contributed by atoms with Crippen LogP contribution < -0.4 is 10.2 Å². The van der Waals surface area contributed by atoms with Crippen LogP contribution in [0, 0.1) is 18.3 Å². The number of carbonyl (C=O) groups excluding carboxylic acids is 2. The first-order valence-corrected chi connectivity index (χ1v) is 12.0. The van der Waals surface area contributed by atoms with Crippen molar-refractivity contribution < 1.29 is 9.59 Å². The second kappa shape index (κ2) is 10.6. The Morgan fingerprint density at radius 3 is 2.35 bits per heavy atom. The maximum absolute atomic E-state index is 13.5. The molecule has 0 bridgehead atoms. The molecule has 1 aliphatic rings. The van der Waals surface area contributed by atoms with Crippen molar-refractivity contribution in [3.8, 4) is 6.07 Å². The molecule has 7 heteroatoms. The van der Waals surface area contributed by atoms with E-state index in [-0.39, 0.29) is 18.0 Å². The van der Waals surface area contributed by atoms with E-state index in [9.17, 15) is 14.9 Å². The quantitative estimate of drug-likeness (QED) is 0.373. The summed E-state index contributed by atoms with van der Waals surface area (Å²) in [7, 11) is 0. The molecule has 0 aromatic heterocycles. The Balaban J connectivity index is 1.66. The number of nitrogens with zero attached hydrogens (tertiary/aromatic N) is 2. The van der Waals surface area contributed by atoms with Gasteiger partial charge in [-0.15, -0.1) is 0 Å². The first kappa shape index (κ1) is 23.6. The van der Waals surface area contributed by atoms with E-state index in [2.05, 4.69) is 5.32 Å². The Morgan fingerprint density at radius 1 is 1.03 bits per heavy atom. The van der Waals surface area contributed by atoms with Crippen molar-refractivity contribution in [2.75, 3.05) is 4.90 Å². The molecule has 1 N–H and O–H groups in total. The molecule has 1 saturated heterocycles. The number of amides is 2. The third-order valence-electron chi connectivity index (χ3n) is 5.43. The number of nitriles is 1. The zero-order valence-electron chi connectivity index (χ0n) is 18.5. The highest BCUT2D eigenvalue weighted by Crippen LogP contribution is 2.42. The van der Waals surface area contributed by atoms with Crippen LogP contribution in [-0.4, -0.2) is 17.1 Å². The summed E-state index contributed by atoms with van der Waals surface area (Å²) in [5.74, 6) is -0.692. The first-order chi connectivity index (χ1) is 16.5. The van der Waals surface area contributed by atoms with Crippen molar-refractivity contribution in [2.24, 2.45) is 0 Å². The Labute approximate surface area is 208 Å². The number of halogens is 1. The van der Waals surface area contributed by atoms with Crippen LogP contribution in [0.25, 0.3) is 0 Å². The number of nitrogens with one attached hydrogen (secondary N) is 1. The SMILES string of the molecule is Cc1ccc(C[C@@H]2S/C(=C(/C#N)C(=O)NCc3ccccc3)N(c3ccc(Cl)cc3)C2=O)cc1. The third kappa shape index (κ3) is 5.33. The van der Waals surface area contributed by atoms with Gasteiger partial charge in [-0.3, -0.25) is 14.5 Å². The van der Waals surface area contributed by atoms with Gasteiger partial charge in [0.2, 0.25) is 5.91 Å². The monoisotopic (exact) mass is 487 g/mol. The van der Waals surface area contributed by atoms with Gasteiger partial charge in [-0.1, -0.05) is 83.5 Å². The van der Waals surface area contributed by atoms with E-state index >= 15 is 0 Å². The van der Waals surface area contributed by atoms with Crippen LogP contribution in [-0.2, 0) is 22.6 Å². The number of hydrogen-bond donors (Lipinski definition) is 1. The zero-order chi connectivity index (χ0) is 24.1. The number of rotatable bonds is 6. The standard InChI is InChI=1S/C27H22ClN3O2S/c1-18-7-9-19(10-8-18)15-24-26(33)31(22-13-11-21(28)12-14-22)27(34-24)23(16-29)25(32)30-17-20-5-3-2-4-6-20/h2-14,24H,15,17H2,1H3,(H,30,32)/b27-23-/t24-/m0/s1. The van der Waals surface area contributed by atoms with Crippen molar-refractivity contribution in [1.82, 2.24) is 5.32 Å². The van der Waals surface area contributed by atoms with Gasteiger partial charge in [0.15, 0.2) is 0 Å². The van der Waals surface area contributed by atoms with E-state index in [1.165, 1.54) is 16.7 Å². The lowest BCUT2D eigenvalue weighted by atomic mass is 10.1. The number of thioether (sulfide) groups is 1. The molecule has 2 amide bonds. The molecule has 5 nitrogen and oxygen atoms in total. The molecule has 0 radical (unpaired) electrons. The number of benzene rings is 3. The van der Waals surface area contributed by atoms with Gasteiger partial charge in [-0.05, 0) is 48.7 Å². The minimum atomic E-state index is -0.517. The molecule has 3 aromatic carbocycles. The molecule has 34 heavy (non-hydrogen) atoms. The van der Waals surface area contributed by atoms with Crippen molar-refractivity contribution >= 4 is 40.9 Å². The Morgan fingerprint density at radius 2 is 1.71 bits per heavy atom. The smallest absolute Gasteiger partial charge is 0.264 e. The molecule has 170 valence electrons. The van der Waals surface area contributed by atoms with E-state index < -0.39 is 11.2 Å². The Hall–Kier alpha value is -3.53. The average molecular weight is 488 g/mol. The minimum absolute atomic E-state index is 0.0874. The van der Waals surface area contributed by atoms with E-state index in [4.69, 9.17) is 11.6 Å². The normalized spacial score (nSPS) is 16.8. The topological polar surface area (TPSA) is 73.2 Å².